The maximum atomic E-state index is 13.1. The van der Waals surface area contributed by atoms with E-state index in [1.54, 1.807) is 43.3 Å². The third-order valence-corrected chi connectivity index (χ3v) is 4.10. The minimum Gasteiger partial charge on any atom is -0.491 e. The van der Waals surface area contributed by atoms with Gasteiger partial charge in [-0.2, -0.15) is 5.10 Å². The molecule has 0 aliphatic heterocycles. The Kier molecular flexibility index (Phi) is 6.23. The normalized spacial score (nSPS) is 11.1. The molecule has 3 rings (SSSR count). The van der Waals surface area contributed by atoms with Gasteiger partial charge < -0.3 is 15.2 Å². The maximum absolute atomic E-state index is 13.1. The Morgan fingerprint density at radius 2 is 1.93 bits per heavy atom. The number of amides is 1. The molecule has 0 spiro atoms. The van der Waals surface area contributed by atoms with Gasteiger partial charge in [0.25, 0.3) is 0 Å². The third kappa shape index (κ3) is 4.78. The molecule has 1 heterocycles. The standard InChI is InChI=1S/C21H20FN3O4/c1-2-28-21(27)15-8-10-17-19(20(15)29-12-11-18(23)26)16(24-25-17)9-5-13-3-6-14(22)7-4-13/h3-10H,2,11-12H2,1H3,(H2,23,26)(H,24,25)/b9-5+. The van der Waals surface area contributed by atoms with Crippen molar-refractivity contribution in [3.8, 4) is 5.75 Å². The number of nitrogens with two attached hydrogens (primary N) is 1. The number of primary amides is 1. The molecule has 3 aromatic rings. The zero-order chi connectivity index (χ0) is 20.8. The predicted octanol–water partition coefficient (Wildman–Crippen LogP) is 3.30. The van der Waals surface area contributed by atoms with Crippen molar-refractivity contribution < 1.29 is 23.5 Å². The highest BCUT2D eigenvalue weighted by molar-refractivity contribution is 6.03. The first-order chi connectivity index (χ1) is 14.0. The smallest absolute Gasteiger partial charge is 0.341 e. The van der Waals surface area contributed by atoms with E-state index in [4.69, 9.17) is 15.2 Å². The van der Waals surface area contributed by atoms with Crippen molar-refractivity contribution in [2.75, 3.05) is 13.2 Å². The summed E-state index contributed by atoms with van der Waals surface area (Å²) in [7, 11) is 0. The summed E-state index contributed by atoms with van der Waals surface area (Å²) in [6.45, 7) is 1.92. The molecule has 3 N–H and O–H groups in total. The summed E-state index contributed by atoms with van der Waals surface area (Å²) in [4.78, 5) is 23.4. The van der Waals surface area contributed by atoms with Crippen LogP contribution in [0.1, 0.15) is 35.0 Å². The fourth-order valence-electron chi connectivity index (χ4n) is 2.75. The predicted molar refractivity (Wildman–Crippen MR) is 107 cm³/mol. The van der Waals surface area contributed by atoms with Gasteiger partial charge >= 0.3 is 5.97 Å². The van der Waals surface area contributed by atoms with Crippen LogP contribution in [0.15, 0.2) is 36.4 Å². The molecular weight excluding hydrogens is 377 g/mol. The Hall–Kier alpha value is -3.68. The van der Waals surface area contributed by atoms with Crippen LogP contribution >= 0.6 is 0 Å². The van der Waals surface area contributed by atoms with Gasteiger partial charge in [-0.1, -0.05) is 18.2 Å². The lowest BCUT2D eigenvalue weighted by Gasteiger charge is -2.12. The quantitative estimate of drug-likeness (QED) is 0.567. The van der Waals surface area contributed by atoms with Crippen molar-refractivity contribution >= 4 is 34.9 Å². The summed E-state index contributed by atoms with van der Waals surface area (Å²) in [6.07, 6.45) is 3.52. The molecule has 0 atom stereocenters. The molecule has 0 bridgehead atoms. The van der Waals surface area contributed by atoms with Crippen LogP contribution in [0.3, 0.4) is 0 Å². The van der Waals surface area contributed by atoms with Gasteiger partial charge in [0.1, 0.15) is 17.1 Å². The van der Waals surface area contributed by atoms with E-state index in [-0.39, 0.29) is 36.8 Å². The van der Waals surface area contributed by atoms with Crippen LogP contribution in [-0.2, 0) is 9.53 Å². The molecular formula is C21H20FN3O4. The molecule has 7 nitrogen and oxygen atoms in total. The zero-order valence-electron chi connectivity index (χ0n) is 15.8. The second-order valence-electron chi connectivity index (χ2n) is 6.14. The Bertz CT molecular complexity index is 1060. The number of ether oxygens (including phenoxy) is 2. The molecule has 0 saturated carbocycles. The molecule has 8 heteroatoms. The first kappa shape index (κ1) is 20.1. The number of carbonyl (C=O) groups excluding carboxylic acids is 2. The van der Waals surface area contributed by atoms with E-state index in [1.807, 2.05) is 0 Å². The average Bonchev–Trinajstić information content (AvgIpc) is 3.11. The Morgan fingerprint density at radius 3 is 2.62 bits per heavy atom. The van der Waals surface area contributed by atoms with Crippen molar-refractivity contribution in [3.05, 3.63) is 59.0 Å². The lowest BCUT2D eigenvalue weighted by Crippen LogP contribution is -2.16. The molecule has 0 unspecified atom stereocenters. The molecule has 150 valence electrons. The number of halogens is 1. The molecule has 2 aromatic carbocycles. The van der Waals surface area contributed by atoms with Gasteiger partial charge in [0.2, 0.25) is 5.91 Å². The van der Waals surface area contributed by atoms with Crippen LogP contribution in [0, 0.1) is 5.82 Å². The minimum absolute atomic E-state index is 0.00272. The molecule has 29 heavy (non-hydrogen) atoms. The van der Waals surface area contributed by atoms with E-state index in [0.29, 0.717) is 16.6 Å². The summed E-state index contributed by atoms with van der Waals surface area (Å²) < 4.78 is 23.9. The molecule has 0 radical (unpaired) electrons. The number of esters is 1. The van der Waals surface area contributed by atoms with E-state index in [1.165, 1.54) is 12.1 Å². The average molecular weight is 397 g/mol. The van der Waals surface area contributed by atoms with Gasteiger partial charge in [-0.15, -0.1) is 0 Å². The molecule has 0 saturated heterocycles. The second kappa shape index (κ2) is 9.01. The van der Waals surface area contributed by atoms with E-state index in [9.17, 15) is 14.0 Å². The molecule has 1 aromatic heterocycles. The number of fused-ring (bicyclic) bond motifs is 1. The number of hydrogen-bond donors (Lipinski definition) is 2. The van der Waals surface area contributed by atoms with Gasteiger partial charge in [-0.05, 0) is 42.8 Å². The Morgan fingerprint density at radius 1 is 1.17 bits per heavy atom. The number of aromatic nitrogens is 2. The van der Waals surface area contributed by atoms with Crippen molar-refractivity contribution in [3.63, 3.8) is 0 Å². The van der Waals surface area contributed by atoms with Crippen LogP contribution in [0.2, 0.25) is 0 Å². The van der Waals surface area contributed by atoms with Crippen molar-refractivity contribution in [1.29, 1.82) is 0 Å². The highest BCUT2D eigenvalue weighted by Crippen LogP contribution is 2.33. The first-order valence-electron chi connectivity index (χ1n) is 9.02. The number of H-pyrrole nitrogens is 1. The third-order valence-electron chi connectivity index (χ3n) is 4.10. The van der Waals surface area contributed by atoms with Gasteiger partial charge in [0.15, 0.2) is 0 Å². The van der Waals surface area contributed by atoms with Crippen LogP contribution in [-0.4, -0.2) is 35.3 Å². The second-order valence-corrected chi connectivity index (χ2v) is 6.14. The van der Waals surface area contributed by atoms with Crippen LogP contribution in [0.4, 0.5) is 4.39 Å². The van der Waals surface area contributed by atoms with Gasteiger partial charge in [-0.3, -0.25) is 9.89 Å². The van der Waals surface area contributed by atoms with Crippen molar-refractivity contribution in [2.24, 2.45) is 5.73 Å². The number of carbonyl (C=O) groups is 2. The molecule has 0 aliphatic rings. The molecule has 0 fully saturated rings. The fourth-order valence-corrected chi connectivity index (χ4v) is 2.75. The van der Waals surface area contributed by atoms with E-state index >= 15 is 0 Å². The topological polar surface area (TPSA) is 107 Å². The summed E-state index contributed by atoms with van der Waals surface area (Å²) in [5, 5.41) is 7.70. The summed E-state index contributed by atoms with van der Waals surface area (Å²) in [6, 6.07) is 9.24. The van der Waals surface area contributed by atoms with Crippen LogP contribution < -0.4 is 10.5 Å². The van der Waals surface area contributed by atoms with E-state index in [0.717, 1.165) is 5.56 Å². The van der Waals surface area contributed by atoms with E-state index < -0.39 is 11.9 Å². The number of nitrogens with zero attached hydrogens (tertiary/aromatic N) is 1. The summed E-state index contributed by atoms with van der Waals surface area (Å²) in [5.41, 5.74) is 7.35. The van der Waals surface area contributed by atoms with Gasteiger partial charge in [-0.25, -0.2) is 9.18 Å². The highest BCUT2D eigenvalue weighted by Gasteiger charge is 2.20. The molecule has 0 aliphatic carbocycles. The number of benzene rings is 2. The summed E-state index contributed by atoms with van der Waals surface area (Å²) >= 11 is 0. The Labute approximate surface area is 166 Å². The lowest BCUT2D eigenvalue weighted by molar-refractivity contribution is -0.118. The van der Waals surface area contributed by atoms with Gasteiger partial charge in [0.05, 0.1) is 36.2 Å². The zero-order valence-corrected chi connectivity index (χ0v) is 15.8. The largest absolute Gasteiger partial charge is 0.491 e. The first-order valence-corrected chi connectivity index (χ1v) is 9.02. The molecule has 1 amide bonds. The highest BCUT2D eigenvalue weighted by atomic mass is 19.1. The summed E-state index contributed by atoms with van der Waals surface area (Å²) in [5.74, 6) is -1.12. The van der Waals surface area contributed by atoms with Crippen molar-refractivity contribution in [2.45, 2.75) is 13.3 Å². The minimum atomic E-state index is -0.543. The number of rotatable bonds is 8. The fraction of sp³-hybridized carbons (Fsp3) is 0.190. The SMILES string of the molecule is CCOC(=O)c1ccc2n[nH]c(/C=C/c3ccc(F)cc3)c2c1OCCC(N)=O. The van der Waals surface area contributed by atoms with E-state index in [2.05, 4.69) is 10.2 Å². The van der Waals surface area contributed by atoms with Crippen LogP contribution in [0.5, 0.6) is 5.75 Å². The van der Waals surface area contributed by atoms with Crippen molar-refractivity contribution in [1.82, 2.24) is 10.2 Å². The number of aromatic amines is 1. The van der Waals surface area contributed by atoms with Gasteiger partial charge in [0, 0.05) is 0 Å². The van der Waals surface area contributed by atoms with Crippen LogP contribution in [0.25, 0.3) is 23.1 Å². The Balaban J connectivity index is 2.03. The lowest BCUT2D eigenvalue weighted by atomic mass is 10.1. The number of nitrogens with one attached hydrogen (secondary N) is 1. The number of hydrogen-bond acceptors (Lipinski definition) is 5. The monoisotopic (exact) mass is 397 g/mol. The maximum Gasteiger partial charge on any atom is 0.341 e.